The molecule has 1 unspecified atom stereocenters. The van der Waals surface area contributed by atoms with Gasteiger partial charge in [-0.05, 0) is 18.6 Å². The quantitative estimate of drug-likeness (QED) is 0.576. The van der Waals surface area contributed by atoms with Gasteiger partial charge in [0.15, 0.2) is 0 Å². The Balaban J connectivity index is 1.49. The van der Waals surface area contributed by atoms with Gasteiger partial charge in [-0.1, -0.05) is 30.4 Å². The number of aromatic nitrogens is 2. The minimum Gasteiger partial charge on any atom is -0.496 e. The predicted molar refractivity (Wildman–Crippen MR) is 115 cm³/mol. The number of benzene rings is 1. The van der Waals surface area contributed by atoms with Gasteiger partial charge in [-0.2, -0.15) is 5.10 Å². The lowest BCUT2D eigenvalue weighted by atomic mass is 10.1. The summed E-state index contributed by atoms with van der Waals surface area (Å²) in [7, 11) is 1.64. The Morgan fingerprint density at radius 2 is 2.23 bits per heavy atom. The fraction of sp³-hybridized carbons (Fsp3) is 0.409. The molecule has 0 saturated carbocycles. The second-order valence-corrected chi connectivity index (χ2v) is 7.12. The van der Waals surface area contributed by atoms with Gasteiger partial charge in [-0.15, -0.1) is 0 Å². The first-order valence-corrected chi connectivity index (χ1v) is 10.2. The highest BCUT2D eigenvalue weighted by Crippen LogP contribution is 2.19. The molecule has 160 valence electrons. The van der Waals surface area contributed by atoms with Crippen molar-refractivity contribution in [3.8, 4) is 5.75 Å². The first-order chi connectivity index (χ1) is 14.7. The zero-order valence-corrected chi connectivity index (χ0v) is 17.3. The van der Waals surface area contributed by atoms with Gasteiger partial charge in [0.2, 0.25) is 11.8 Å². The lowest BCUT2D eigenvalue weighted by molar-refractivity contribution is -0.133. The number of hydrogen-bond donors (Lipinski definition) is 2. The molecule has 1 saturated heterocycles. The molecule has 1 aliphatic heterocycles. The molecule has 2 amide bonds. The maximum Gasteiger partial charge on any atom is 0.237 e. The Morgan fingerprint density at radius 3 is 3.03 bits per heavy atom. The lowest BCUT2D eigenvalue weighted by Crippen LogP contribution is -2.56. The molecule has 30 heavy (non-hydrogen) atoms. The maximum atomic E-state index is 12.4. The zero-order valence-electron chi connectivity index (χ0n) is 17.3. The molecule has 8 heteroatoms. The third kappa shape index (κ3) is 6.18. The molecular formula is C22H29N5O3. The van der Waals surface area contributed by atoms with E-state index in [9.17, 15) is 9.59 Å². The summed E-state index contributed by atoms with van der Waals surface area (Å²) in [4.78, 5) is 26.8. The monoisotopic (exact) mass is 411 g/mol. The highest BCUT2D eigenvalue weighted by Gasteiger charge is 2.30. The Hall–Kier alpha value is -3.13. The average Bonchev–Trinajstić information content (AvgIpc) is 3.27. The second-order valence-electron chi connectivity index (χ2n) is 7.12. The number of aryl methyl sites for hydroxylation is 1. The van der Waals surface area contributed by atoms with E-state index in [0.29, 0.717) is 26.2 Å². The molecule has 0 spiro atoms. The third-order valence-corrected chi connectivity index (χ3v) is 5.04. The van der Waals surface area contributed by atoms with Crippen molar-refractivity contribution in [2.75, 3.05) is 33.3 Å². The first kappa shape index (κ1) is 21.6. The Labute approximate surface area is 176 Å². The number of hydrogen-bond acceptors (Lipinski definition) is 5. The summed E-state index contributed by atoms with van der Waals surface area (Å²) in [5.74, 6) is 0.589. The molecule has 1 atom stereocenters. The van der Waals surface area contributed by atoms with Crippen LogP contribution in [0.15, 0.2) is 48.8 Å². The molecule has 1 aromatic heterocycles. The highest BCUT2D eigenvalue weighted by molar-refractivity contribution is 5.88. The second kappa shape index (κ2) is 11.2. The Bertz CT molecular complexity index is 850. The summed E-state index contributed by atoms with van der Waals surface area (Å²) in [6, 6.07) is 9.18. The number of amides is 2. The number of nitrogens with zero attached hydrogens (tertiary/aromatic N) is 3. The smallest absolute Gasteiger partial charge is 0.237 e. The van der Waals surface area contributed by atoms with Crippen LogP contribution < -0.4 is 15.4 Å². The van der Waals surface area contributed by atoms with E-state index in [2.05, 4.69) is 15.7 Å². The van der Waals surface area contributed by atoms with E-state index < -0.39 is 6.04 Å². The van der Waals surface area contributed by atoms with Crippen LogP contribution in [0.5, 0.6) is 5.75 Å². The molecule has 8 nitrogen and oxygen atoms in total. The Kier molecular flexibility index (Phi) is 8.02. The number of para-hydroxylation sites is 1. The van der Waals surface area contributed by atoms with E-state index in [4.69, 9.17) is 4.74 Å². The fourth-order valence-corrected chi connectivity index (χ4v) is 3.47. The van der Waals surface area contributed by atoms with Crippen LogP contribution in [-0.4, -0.2) is 65.8 Å². The van der Waals surface area contributed by atoms with Crippen molar-refractivity contribution in [1.29, 1.82) is 0 Å². The van der Waals surface area contributed by atoms with Crippen LogP contribution in [0.3, 0.4) is 0 Å². The lowest BCUT2D eigenvalue weighted by Gasteiger charge is -2.33. The van der Waals surface area contributed by atoms with Crippen LogP contribution in [0, 0.1) is 0 Å². The van der Waals surface area contributed by atoms with Gasteiger partial charge in [-0.25, -0.2) is 0 Å². The van der Waals surface area contributed by atoms with Crippen molar-refractivity contribution in [1.82, 2.24) is 25.3 Å². The molecule has 3 rings (SSSR count). The van der Waals surface area contributed by atoms with Gasteiger partial charge in [-0.3, -0.25) is 19.2 Å². The molecule has 2 N–H and O–H groups in total. The van der Waals surface area contributed by atoms with Gasteiger partial charge < -0.3 is 15.4 Å². The number of ether oxygens (including phenoxy) is 1. The average molecular weight is 412 g/mol. The SMILES string of the molecule is COc1ccccc1/C=C/CN1CCNC(=O)C1CC(=O)NCCCn1cccn1. The van der Waals surface area contributed by atoms with Crippen LogP contribution in [0.2, 0.25) is 0 Å². The van der Waals surface area contributed by atoms with Crippen LogP contribution in [-0.2, 0) is 16.1 Å². The molecular weight excluding hydrogens is 382 g/mol. The van der Waals surface area contributed by atoms with Crippen LogP contribution >= 0.6 is 0 Å². The third-order valence-electron chi connectivity index (χ3n) is 5.04. The Morgan fingerprint density at radius 1 is 1.37 bits per heavy atom. The van der Waals surface area contributed by atoms with E-state index in [1.54, 1.807) is 13.3 Å². The molecule has 1 aliphatic rings. The minimum atomic E-state index is -0.466. The summed E-state index contributed by atoms with van der Waals surface area (Å²) in [5.41, 5.74) is 0.980. The normalized spacial score (nSPS) is 17.1. The van der Waals surface area contributed by atoms with E-state index in [-0.39, 0.29) is 18.2 Å². The van der Waals surface area contributed by atoms with Gasteiger partial charge in [0, 0.05) is 50.7 Å². The van der Waals surface area contributed by atoms with Gasteiger partial charge in [0.25, 0.3) is 0 Å². The topological polar surface area (TPSA) is 88.5 Å². The van der Waals surface area contributed by atoms with Crippen molar-refractivity contribution in [2.45, 2.75) is 25.4 Å². The van der Waals surface area contributed by atoms with Crippen LogP contribution in [0.25, 0.3) is 6.08 Å². The number of rotatable bonds is 10. The van der Waals surface area contributed by atoms with Crippen LogP contribution in [0.4, 0.5) is 0 Å². The standard InChI is InChI=1S/C22H29N5O3/c1-30-20-9-3-2-7-18(20)8-4-13-26-16-12-24-22(29)19(26)17-21(28)23-10-5-14-27-15-6-11-25-27/h2-4,6-9,11,15,19H,5,10,12-14,16-17H2,1H3,(H,23,28)(H,24,29)/b8-4+. The molecule has 0 radical (unpaired) electrons. The van der Waals surface area contributed by atoms with Gasteiger partial charge in [0.05, 0.1) is 19.6 Å². The summed E-state index contributed by atoms with van der Waals surface area (Å²) in [6.07, 6.45) is 8.55. The number of nitrogens with one attached hydrogen (secondary N) is 2. The van der Waals surface area contributed by atoms with Crippen molar-refractivity contribution in [3.05, 3.63) is 54.4 Å². The summed E-state index contributed by atoms with van der Waals surface area (Å²) in [5, 5.41) is 9.91. The summed E-state index contributed by atoms with van der Waals surface area (Å²) >= 11 is 0. The summed E-state index contributed by atoms with van der Waals surface area (Å²) < 4.78 is 7.19. The first-order valence-electron chi connectivity index (χ1n) is 10.2. The fourth-order valence-electron chi connectivity index (χ4n) is 3.47. The van der Waals surface area contributed by atoms with Crippen molar-refractivity contribution in [2.24, 2.45) is 0 Å². The predicted octanol–water partition coefficient (Wildman–Crippen LogP) is 1.30. The van der Waals surface area contributed by atoms with Gasteiger partial charge >= 0.3 is 0 Å². The van der Waals surface area contributed by atoms with E-state index >= 15 is 0 Å². The van der Waals surface area contributed by atoms with Crippen molar-refractivity contribution < 1.29 is 14.3 Å². The summed E-state index contributed by atoms with van der Waals surface area (Å²) in [6.45, 7) is 3.18. The van der Waals surface area contributed by atoms with E-state index in [1.165, 1.54) is 0 Å². The molecule has 1 fully saturated rings. The van der Waals surface area contributed by atoms with Crippen molar-refractivity contribution >= 4 is 17.9 Å². The molecule has 0 aliphatic carbocycles. The van der Waals surface area contributed by atoms with E-state index in [1.807, 2.05) is 58.3 Å². The molecule has 2 aromatic rings. The maximum absolute atomic E-state index is 12.4. The number of carbonyl (C=O) groups is 2. The van der Waals surface area contributed by atoms with Crippen molar-refractivity contribution in [3.63, 3.8) is 0 Å². The number of methoxy groups -OCH3 is 1. The molecule has 2 heterocycles. The van der Waals surface area contributed by atoms with Gasteiger partial charge in [0.1, 0.15) is 5.75 Å². The molecule has 0 bridgehead atoms. The van der Waals surface area contributed by atoms with Crippen LogP contribution in [0.1, 0.15) is 18.4 Å². The largest absolute Gasteiger partial charge is 0.496 e. The highest BCUT2D eigenvalue weighted by atomic mass is 16.5. The van der Waals surface area contributed by atoms with E-state index in [0.717, 1.165) is 24.3 Å². The molecule has 1 aromatic carbocycles. The number of piperazine rings is 1. The minimum absolute atomic E-state index is 0.0985. The number of carbonyl (C=O) groups excluding carboxylic acids is 2. The zero-order chi connectivity index (χ0) is 21.2.